The average Bonchev–Trinajstić information content (AvgIpc) is 2.32. The summed E-state index contributed by atoms with van der Waals surface area (Å²) in [7, 11) is 0. The molecule has 0 spiro atoms. The molecule has 2 N–H and O–H groups in total. The molecule has 0 aliphatic rings. The molecule has 5 nitrogen and oxygen atoms in total. The summed E-state index contributed by atoms with van der Waals surface area (Å²) in [5, 5.41) is 18.5. The fourth-order valence-electron chi connectivity index (χ4n) is 1.68. The van der Waals surface area contributed by atoms with Gasteiger partial charge in [-0.3, -0.25) is 0 Å². The van der Waals surface area contributed by atoms with Crippen molar-refractivity contribution in [2.45, 2.75) is 19.8 Å². The lowest BCUT2D eigenvalue weighted by atomic mass is 10.1. The van der Waals surface area contributed by atoms with Crippen LogP contribution in [0.4, 0.5) is 5.82 Å². The molecular weight excluding hydrogens is 242 g/mol. The normalized spacial score (nSPS) is 10.6. The van der Waals surface area contributed by atoms with Gasteiger partial charge in [-0.25, -0.2) is 9.97 Å². The number of nitrogens with zero attached hydrogens (tertiary/aromatic N) is 3. The molecule has 1 rings (SSSR count). The van der Waals surface area contributed by atoms with Crippen LogP contribution in [0.3, 0.4) is 0 Å². The van der Waals surface area contributed by atoms with E-state index in [2.05, 4.69) is 16.9 Å². The first-order chi connectivity index (χ1) is 8.24. The summed E-state index contributed by atoms with van der Waals surface area (Å²) in [6.45, 7) is 2.91. The number of aliphatic hydroxyl groups excluding tert-OH is 2. The Bertz CT molecular complexity index is 343. The molecule has 0 bridgehead atoms. The SMILES string of the molecule is CCCc1c(Cl)ncnc1N(CCO)CCO. The molecule has 0 aliphatic carbocycles. The van der Waals surface area contributed by atoms with E-state index in [1.54, 1.807) is 0 Å². The van der Waals surface area contributed by atoms with E-state index < -0.39 is 0 Å². The van der Waals surface area contributed by atoms with E-state index >= 15 is 0 Å². The van der Waals surface area contributed by atoms with Gasteiger partial charge in [-0.1, -0.05) is 24.9 Å². The summed E-state index contributed by atoms with van der Waals surface area (Å²) in [6.07, 6.45) is 3.12. The van der Waals surface area contributed by atoms with Crippen LogP contribution in [-0.2, 0) is 6.42 Å². The molecule has 0 aliphatic heterocycles. The van der Waals surface area contributed by atoms with Crippen LogP contribution in [0, 0.1) is 0 Å². The van der Waals surface area contributed by atoms with Gasteiger partial charge in [0.15, 0.2) is 0 Å². The van der Waals surface area contributed by atoms with Gasteiger partial charge in [0.1, 0.15) is 17.3 Å². The second kappa shape index (κ2) is 7.42. The van der Waals surface area contributed by atoms with Crippen molar-refractivity contribution in [3.63, 3.8) is 0 Å². The van der Waals surface area contributed by atoms with Crippen LogP contribution in [0.15, 0.2) is 6.33 Å². The molecule has 96 valence electrons. The van der Waals surface area contributed by atoms with Crippen molar-refractivity contribution in [2.24, 2.45) is 0 Å². The summed E-state index contributed by atoms with van der Waals surface area (Å²) in [5.41, 5.74) is 0.874. The highest BCUT2D eigenvalue weighted by Gasteiger charge is 2.15. The lowest BCUT2D eigenvalue weighted by molar-refractivity contribution is 0.280. The van der Waals surface area contributed by atoms with Crippen molar-refractivity contribution in [1.29, 1.82) is 0 Å². The van der Waals surface area contributed by atoms with Gasteiger partial charge in [0.2, 0.25) is 0 Å². The molecule has 0 unspecified atom stereocenters. The molecule has 0 aromatic carbocycles. The Morgan fingerprint density at radius 3 is 2.41 bits per heavy atom. The molecule has 1 aromatic heterocycles. The largest absolute Gasteiger partial charge is 0.395 e. The Morgan fingerprint density at radius 2 is 1.88 bits per heavy atom. The molecule has 0 fully saturated rings. The lowest BCUT2D eigenvalue weighted by Crippen LogP contribution is -2.31. The van der Waals surface area contributed by atoms with Gasteiger partial charge in [0.05, 0.1) is 13.2 Å². The van der Waals surface area contributed by atoms with Crippen LogP contribution >= 0.6 is 11.6 Å². The minimum Gasteiger partial charge on any atom is -0.395 e. The van der Waals surface area contributed by atoms with Gasteiger partial charge < -0.3 is 15.1 Å². The molecule has 0 saturated carbocycles. The smallest absolute Gasteiger partial charge is 0.137 e. The van der Waals surface area contributed by atoms with Crippen LogP contribution < -0.4 is 4.90 Å². The van der Waals surface area contributed by atoms with Gasteiger partial charge >= 0.3 is 0 Å². The van der Waals surface area contributed by atoms with E-state index in [0.717, 1.165) is 18.4 Å². The van der Waals surface area contributed by atoms with Crippen molar-refractivity contribution in [3.8, 4) is 0 Å². The zero-order valence-corrected chi connectivity index (χ0v) is 10.7. The van der Waals surface area contributed by atoms with E-state index in [9.17, 15) is 0 Å². The predicted molar refractivity (Wildman–Crippen MR) is 67.4 cm³/mol. The minimum absolute atomic E-state index is 0.00713. The molecule has 0 saturated heterocycles. The Balaban J connectivity index is 3.03. The van der Waals surface area contributed by atoms with Crippen LogP contribution in [0.25, 0.3) is 0 Å². The second-order valence-electron chi connectivity index (χ2n) is 3.65. The van der Waals surface area contributed by atoms with Crippen molar-refractivity contribution in [2.75, 3.05) is 31.2 Å². The number of anilines is 1. The van der Waals surface area contributed by atoms with Crippen molar-refractivity contribution in [3.05, 3.63) is 17.0 Å². The number of halogens is 1. The first-order valence-electron chi connectivity index (χ1n) is 5.70. The maximum atomic E-state index is 9.02. The fourth-order valence-corrected chi connectivity index (χ4v) is 1.91. The molecule has 6 heteroatoms. The summed E-state index contributed by atoms with van der Waals surface area (Å²) in [6, 6.07) is 0. The molecule has 17 heavy (non-hydrogen) atoms. The Labute approximate surface area is 106 Å². The first-order valence-corrected chi connectivity index (χ1v) is 6.08. The van der Waals surface area contributed by atoms with Crippen molar-refractivity contribution < 1.29 is 10.2 Å². The van der Waals surface area contributed by atoms with Crippen molar-refractivity contribution in [1.82, 2.24) is 9.97 Å². The Hall–Kier alpha value is -0.910. The maximum Gasteiger partial charge on any atom is 0.137 e. The lowest BCUT2D eigenvalue weighted by Gasteiger charge is -2.24. The third-order valence-electron chi connectivity index (χ3n) is 2.41. The third-order valence-corrected chi connectivity index (χ3v) is 2.74. The van der Waals surface area contributed by atoms with E-state index in [1.165, 1.54) is 6.33 Å². The first kappa shape index (κ1) is 14.2. The number of aliphatic hydroxyl groups is 2. The third kappa shape index (κ3) is 3.80. The summed E-state index contributed by atoms with van der Waals surface area (Å²) < 4.78 is 0. The summed E-state index contributed by atoms with van der Waals surface area (Å²) in [5.74, 6) is 0.704. The Morgan fingerprint density at radius 1 is 1.24 bits per heavy atom. The zero-order valence-electron chi connectivity index (χ0n) is 9.93. The van der Waals surface area contributed by atoms with E-state index in [4.69, 9.17) is 21.8 Å². The van der Waals surface area contributed by atoms with Crippen LogP contribution in [0.1, 0.15) is 18.9 Å². The monoisotopic (exact) mass is 259 g/mol. The van der Waals surface area contributed by atoms with E-state index in [1.807, 2.05) is 4.90 Å². The molecule has 0 radical (unpaired) electrons. The summed E-state index contributed by atoms with van der Waals surface area (Å²) in [4.78, 5) is 9.99. The highest BCUT2D eigenvalue weighted by Crippen LogP contribution is 2.24. The van der Waals surface area contributed by atoms with Crippen LogP contribution in [0.5, 0.6) is 0 Å². The van der Waals surface area contributed by atoms with Gasteiger partial charge in [-0.2, -0.15) is 0 Å². The molecule has 0 amide bonds. The van der Waals surface area contributed by atoms with E-state index in [-0.39, 0.29) is 13.2 Å². The van der Waals surface area contributed by atoms with Crippen LogP contribution in [0.2, 0.25) is 5.15 Å². The van der Waals surface area contributed by atoms with Gasteiger partial charge in [-0.15, -0.1) is 0 Å². The number of rotatable bonds is 7. The topological polar surface area (TPSA) is 69.5 Å². The quantitative estimate of drug-likeness (QED) is 0.712. The van der Waals surface area contributed by atoms with Crippen molar-refractivity contribution >= 4 is 17.4 Å². The minimum atomic E-state index is 0.00713. The molecule has 1 heterocycles. The van der Waals surface area contributed by atoms with E-state index in [0.29, 0.717) is 24.1 Å². The highest BCUT2D eigenvalue weighted by atomic mass is 35.5. The molecule has 1 aromatic rings. The van der Waals surface area contributed by atoms with Crippen LogP contribution in [-0.4, -0.2) is 46.5 Å². The summed E-state index contributed by atoms with van der Waals surface area (Å²) >= 11 is 6.05. The average molecular weight is 260 g/mol. The number of aromatic nitrogens is 2. The molecule has 0 atom stereocenters. The number of hydrogen-bond acceptors (Lipinski definition) is 5. The zero-order chi connectivity index (χ0) is 12.7. The standard InChI is InChI=1S/C11H18ClN3O2/c1-2-3-9-10(12)13-8-14-11(9)15(4-6-16)5-7-17/h8,16-17H,2-7H2,1H3. The Kier molecular flexibility index (Phi) is 6.18. The van der Waals surface area contributed by atoms with Gasteiger partial charge in [0.25, 0.3) is 0 Å². The number of hydrogen-bond donors (Lipinski definition) is 2. The maximum absolute atomic E-state index is 9.02. The highest BCUT2D eigenvalue weighted by molar-refractivity contribution is 6.30. The molecular formula is C11H18ClN3O2. The predicted octanol–water partition coefficient (Wildman–Crippen LogP) is 0.873. The fraction of sp³-hybridized carbons (Fsp3) is 0.636. The van der Waals surface area contributed by atoms with Gasteiger partial charge in [0, 0.05) is 18.7 Å². The van der Waals surface area contributed by atoms with Gasteiger partial charge in [-0.05, 0) is 6.42 Å². The second-order valence-corrected chi connectivity index (χ2v) is 4.01.